The normalized spacial score (nSPS) is 11.9. The van der Waals surface area contributed by atoms with Gasteiger partial charge in [0, 0.05) is 0 Å². The van der Waals surface area contributed by atoms with Crippen LogP contribution in [-0.2, 0) is 16.1 Å². The van der Waals surface area contributed by atoms with E-state index in [9.17, 15) is 9.18 Å². The van der Waals surface area contributed by atoms with Crippen LogP contribution in [0.15, 0.2) is 24.3 Å². The minimum Gasteiger partial charge on any atom is -0.461 e. The van der Waals surface area contributed by atoms with Crippen molar-refractivity contribution >= 4 is 34.9 Å². The van der Waals surface area contributed by atoms with Crippen molar-refractivity contribution in [2.75, 3.05) is 5.73 Å². The minimum absolute atomic E-state index is 0.0898. The predicted molar refractivity (Wildman–Crippen MR) is 89.7 cm³/mol. The van der Waals surface area contributed by atoms with Gasteiger partial charge in [-0.15, -0.1) is 0 Å². The van der Waals surface area contributed by atoms with E-state index >= 15 is 0 Å². The molecule has 128 valence electrons. The monoisotopic (exact) mass is 372 g/mol. The molecule has 0 unspecified atom stereocenters. The third-order valence-electron chi connectivity index (χ3n) is 3.13. The van der Waals surface area contributed by atoms with Crippen LogP contribution in [0, 0.1) is 12.9 Å². The Hall–Kier alpha value is -2.05. The van der Waals surface area contributed by atoms with E-state index in [1.54, 1.807) is 0 Å². The van der Waals surface area contributed by atoms with Gasteiger partial charge in [0.15, 0.2) is 6.10 Å². The number of carbonyl (C=O) groups is 1. The summed E-state index contributed by atoms with van der Waals surface area (Å²) in [6, 6.07) is 7.53. The lowest BCUT2D eigenvalue weighted by Gasteiger charge is -2.15. The zero-order chi connectivity index (χ0) is 17.9. The molecule has 1 aromatic heterocycles. The number of esters is 1. The molecule has 2 rings (SSSR count). The van der Waals surface area contributed by atoms with Crippen molar-refractivity contribution < 1.29 is 18.7 Å². The van der Waals surface area contributed by atoms with Gasteiger partial charge >= 0.3 is 5.97 Å². The lowest BCUT2D eigenvalue weighted by molar-refractivity contribution is -0.152. The number of ether oxygens (including phenoxy) is 2. The third kappa shape index (κ3) is 4.27. The molecule has 2 aromatic rings. The van der Waals surface area contributed by atoms with Crippen LogP contribution >= 0.6 is 23.2 Å². The van der Waals surface area contributed by atoms with Gasteiger partial charge in [0.1, 0.15) is 16.7 Å². The Balaban J connectivity index is 2.02. The third-order valence-corrected chi connectivity index (χ3v) is 3.85. The number of nitrogens with zero attached hydrogens (tertiary/aromatic N) is 1. The first-order valence-corrected chi connectivity index (χ1v) is 7.74. The summed E-state index contributed by atoms with van der Waals surface area (Å²) in [7, 11) is 0. The van der Waals surface area contributed by atoms with Crippen LogP contribution in [0.1, 0.15) is 18.1 Å². The van der Waals surface area contributed by atoms with Crippen LogP contribution in [0.2, 0.25) is 10.0 Å². The van der Waals surface area contributed by atoms with Crippen molar-refractivity contribution in [1.82, 2.24) is 4.98 Å². The van der Waals surface area contributed by atoms with E-state index in [4.69, 9.17) is 38.4 Å². The number of halogens is 3. The molecule has 1 heterocycles. The van der Waals surface area contributed by atoms with E-state index < -0.39 is 23.0 Å². The second kappa shape index (κ2) is 7.68. The SMILES string of the molecule is Cc1cccc(COC(=O)[C@@H](C)Oc2nc(F)c(Cl)c(N)c2Cl)c1. The molecule has 0 radical (unpaired) electrons. The van der Waals surface area contributed by atoms with E-state index in [1.165, 1.54) is 6.92 Å². The Labute approximate surface area is 148 Å². The lowest BCUT2D eigenvalue weighted by atomic mass is 10.1. The van der Waals surface area contributed by atoms with E-state index in [-0.39, 0.29) is 23.2 Å². The summed E-state index contributed by atoms with van der Waals surface area (Å²) in [5.74, 6) is -2.01. The molecule has 0 aliphatic rings. The number of aromatic nitrogens is 1. The summed E-state index contributed by atoms with van der Waals surface area (Å²) in [6.45, 7) is 3.45. The van der Waals surface area contributed by atoms with Gasteiger partial charge in [-0.1, -0.05) is 53.0 Å². The first-order valence-electron chi connectivity index (χ1n) is 6.98. The quantitative estimate of drug-likeness (QED) is 0.635. The van der Waals surface area contributed by atoms with Crippen molar-refractivity contribution in [1.29, 1.82) is 0 Å². The van der Waals surface area contributed by atoms with Gasteiger partial charge in [-0.2, -0.15) is 9.37 Å². The molecular weight excluding hydrogens is 358 g/mol. The number of benzene rings is 1. The Morgan fingerprint density at radius 1 is 1.38 bits per heavy atom. The van der Waals surface area contributed by atoms with E-state index in [0.29, 0.717) is 0 Å². The number of hydrogen-bond acceptors (Lipinski definition) is 5. The van der Waals surface area contributed by atoms with Crippen LogP contribution in [0.4, 0.5) is 10.1 Å². The van der Waals surface area contributed by atoms with Crippen molar-refractivity contribution in [3.8, 4) is 5.88 Å². The number of anilines is 1. The summed E-state index contributed by atoms with van der Waals surface area (Å²) in [5.41, 5.74) is 7.23. The smallest absolute Gasteiger partial charge is 0.347 e. The maximum Gasteiger partial charge on any atom is 0.347 e. The second-order valence-corrected chi connectivity index (χ2v) is 5.86. The zero-order valence-electron chi connectivity index (χ0n) is 13.0. The molecule has 0 aliphatic carbocycles. The van der Waals surface area contributed by atoms with Gasteiger partial charge in [-0.3, -0.25) is 0 Å². The lowest BCUT2D eigenvalue weighted by Crippen LogP contribution is -2.26. The Morgan fingerprint density at radius 2 is 2.08 bits per heavy atom. The molecular formula is C16H15Cl2FN2O3. The average Bonchev–Trinajstić information content (AvgIpc) is 2.55. The van der Waals surface area contributed by atoms with E-state index in [2.05, 4.69) is 4.98 Å². The van der Waals surface area contributed by atoms with Crippen LogP contribution < -0.4 is 10.5 Å². The molecule has 0 saturated carbocycles. The number of nitrogens with two attached hydrogens (primary N) is 1. The van der Waals surface area contributed by atoms with Crippen LogP contribution in [-0.4, -0.2) is 17.1 Å². The summed E-state index contributed by atoms with van der Waals surface area (Å²) in [4.78, 5) is 15.4. The fraction of sp³-hybridized carbons (Fsp3) is 0.250. The van der Waals surface area contributed by atoms with Gasteiger partial charge in [0.25, 0.3) is 0 Å². The van der Waals surface area contributed by atoms with Gasteiger partial charge in [0.2, 0.25) is 11.8 Å². The molecule has 24 heavy (non-hydrogen) atoms. The summed E-state index contributed by atoms with van der Waals surface area (Å²) < 4.78 is 23.9. The van der Waals surface area contributed by atoms with Crippen molar-refractivity contribution in [2.45, 2.75) is 26.6 Å². The zero-order valence-corrected chi connectivity index (χ0v) is 14.5. The average molecular weight is 373 g/mol. The van der Waals surface area contributed by atoms with Crippen LogP contribution in [0.3, 0.4) is 0 Å². The number of carbonyl (C=O) groups excluding carboxylic acids is 1. The highest BCUT2D eigenvalue weighted by atomic mass is 35.5. The number of pyridine rings is 1. The maximum absolute atomic E-state index is 13.5. The van der Waals surface area contributed by atoms with Gasteiger partial charge < -0.3 is 15.2 Å². The molecule has 0 amide bonds. The molecule has 0 spiro atoms. The van der Waals surface area contributed by atoms with Gasteiger partial charge in [-0.05, 0) is 19.4 Å². The molecule has 0 saturated heterocycles. The number of aryl methyl sites for hydroxylation is 1. The Bertz CT molecular complexity index is 771. The number of nitrogen functional groups attached to an aromatic ring is 1. The summed E-state index contributed by atoms with van der Waals surface area (Å²) >= 11 is 11.5. The second-order valence-electron chi connectivity index (χ2n) is 5.11. The van der Waals surface area contributed by atoms with Crippen molar-refractivity contribution in [2.24, 2.45) is 0 Å². The maximum atomic E-state index is 13.5. The van der Waals surface area contributed by atoms with Crippen molar-refractivity contribution in [3.63, 3.8) is 0 Å². The highest BCUT2D eigenvalue weighted by Gasteiger charge is 2.22. The fourth-order valence-corrected chi connectivity index (χ4v) is 2.24. The molecule has 0 fully saturated rings. The van der Waals surface area contributed by atoms with Crippen LogP contribution in [0.5, 0.6) is 5.88 Å². The minimum atomic E-state index is -1.06. The molecule has 8 heteroatoms. The van der Waals surface area contributed by atoms with Gasteiger partial charge in [-0.25, -0.2) is 4.79 Å². The Kier molecular flexibility index (Phi) is 5.85. The van der Waals surface area contributed by atoms with Crippen molar-refractivity contribution in [3.05, 3.63) is 51.4 Å². The fourth-order valence-electron chi connectivity index (χ4n) is 1.88. The molecule has 1 atom stereocenters. The topological polar surface area (TPSA) is 74.4 Å². The first kappa shape index (κ1) is 18.3. The summed E-state index contributed by atoms with van der Waals surface area (Å²) in [5, 5.41) is -0.568. The molecule has 0 bridgehead atoms. The number of hydrogen-bond donors (Lipinski definition) is 1. The number of rotatable bonds is 5. The van der Waals surface area contributed by atoms with Crippen LogP contribution in [0.25, 0.3) is 0 Å². The standard InChI is InChI=1S/C16H15Cl2FN2O3/c1-8-4-3-5-10(6-8)7-23-16(22)9(2)24-15-12(18)13(20)11(17)14(19)21-15/h3-6,9H,7H2,1-2H3,(H2,20,21)/t9-/m1/s1. The largest absolute Gasteiger partial charge is 0.461 e. The molecule has 2 N–H and O–H groups in total. The highest BCUT2D eigenvalue weighted by Crippen LogP contribution is 2.35. The molecule has 5 nitrogen and oxygen atoms in total. The summed E-state index contributed by atoms with van der Waals surface area (Å²) in [6.07, 6.45) is -1.06. The first-order chi connectivity index (χ1) is 11.3. The Morgan fingerprint density at radius 3 is 2.75 bits per heavy atom. The van der Waals surface area contributed by atoms with E-state index in [0.717, 1.165) is 11.1 Å². The molecule has 0 aliphatic heterocycles. The molecule has 1 aromatic carbocycles. The predicted octanol–water partition coefficient (Wildman–Crippen LogP) is 3.93. The van der Waals surface area contributed by atoms with E-state index in [1.807, 2.05) is 31.2 Å². The highest BCUT2D eigenvalue weighted by molar-refractivity contribution is 6.39. The van der Waals surface area contributed by atoms with Gasteiger partial charge in [0.05, 0.1) is 5.69 Å².